The van der Waals surface area contributed by atoms with Crippen LogP contribution in [0.15, 0.2) is 0 Å². The highest BCUT2D eigenvalue weighted by atomic mass is 16.5. The summed E-state index contributed by atoms with van der Waals surface area (Å²) < 4.78 is 11.2. The number of likely N-dealkylation sites (N-methyl/N-ethyl adjacent to an activating group) is 1. The number of rotatable bonds is 2. The molecule has 2 saturated heterocycles. The van der Waals surface area contributed by atoms with E-state index in [1.807, 2.05) is 14.2 Å². The average Bonchev–Trinajstić information content (AvgIpc) is 2.36. The molecule has 3 atom stereocenters. The summed E-state index contributed by atoms with van der Waals surface area (Å²) in [6.45, 7) is 0. The molecule has 2 heterocycles. The summed E-state index contributed by atoms with van der Waals surface area (Å²) in [5.41, 5.74) is -0.0242. The number of piperidine rings is 1. The van der Waals surface area contributed by atoms with Gasteiger partial charge in [0.05, 0.1) is 6.10 Å². The SMILES string of the molecule is COC1C[C@]2(OC)CCC[C@H]1N2C. The van der Waals surface area contributed by atoms with Crippen LogP contribution in [0.2, 0.25) is 0 Å². The summed E-state index contributed by atoms with van der Waals surface area (Å²) in [6, 6.07) is 0.568. The van der Waals surface area contributed by atoms with E-state index < -0.39 is 0 Å². The molecule has 2 rings (SSSR count). The monoisotopic (exact) mass is 185 g/mol. The van der Waals surface area contributed by atoms with E-state index in [4.69, 9.17) is 9.47 Å². The van der Waals surface area contributed by atoms with Crippen molar-refractivity contribution >= 4 is 0 Å². The lowest BCUT2D eigenvalue weighted by molar-refractivity contribution is -0.132. The zero-order valence-corrected chi connectivity index (χ0v) is 8.75. The fraction of sp³-hybridized carbons (Fsp3) is 1.00. The van der Waals surface area contributed by atoms with Gasteiger partial charge in [0.15, 0.2) is 0 Å². The van der Waals surface area contributed by atoms with Crippen molar-refractivity contribution in [2.45, 2.75) is 43.6 Å². The van der Waals surface area contributed by atoms with E-state index in [0.717, 1.165) is 12.8 Å². The van der Waals surface area contributed by atoms with E-state index >= 15 is 0 Å². The molecule has 0 amide bonds. The minimum Gasteiger partial charge on any atom is -0.380 e. The molecule has 0 spiro atoms. The van der Waals surface area contributed by atoms with Gasteiger partial charge in [-0.05, 0) is 26.3 Å². The molecule has 1 unspecified atom stereocenters. The van der Waals surface area contributed by atoms with Gasteiger partial charge in [-0.2, -0.15) is 0 Å². The molecule has 0 aliphatic carbocycles. The van der Waals surface area contributed by atoms with E-state index in [2.05, 4.69) is 11.9 Å². The molecule has 2 bridgehead atoms. The van der Waals surface area contributed by atoms with Crippen LogP contribution in [0.1, 0.15) is 25.7 Å². The van der Waals surface area contributed by atoms with Gasteiger partial charge in [0, 0.05) is 26.7 Å². The molecule has 13 heavy (non-hydrogen) atoms. The van der Waals surface area contributed by atoms with E-state index in [0.29, 0.717) is 12.1 Å². The second-order valence-electron chi connectivity index (χ2n) is 4.20. The van der Waals surface area contributed by atoms with Crippen molar-refractivity contribution in [2.24, 2.45) is 0 Å². The molecule has 2 aliphatic rings. The van der Waals surface area contributed by atoms with Crippen LogP contribution in [0, 0.1) is 0 Å². The van der Waals surface area contributed by atoms with Crippen molar-refractivity contribution < 1.29 is 9.47 Å². The van der Waals surface area contributed by atoms with Crippen LogP contribution in [-0.2, 0) is 9.47 Å². The third-order valence-corrected chi connectivity index (χ3v) is 3.84. The van der Waals surface area contributed by atoms with Gasteiger partial charge in [0.2, 0.25) is 0 Å². The summed E-state index contributed by atoms with van der Waals surface area (Å²) in [4.78, 5) is 2.37. The summed E-state index contributed by atoms with van der Waals surface area (Å²) in [5.74, 6) is 0. The number of methoxy groups -OCH3 is 2. The Labute approximate surface area is 80.0 Å². The Morgan fingerprint density at radius 2 is 2.15 bits per heavy atom. The Kier molecular flexibility index (Phi) is 2.34. The smallest absolute Gasteiger partial charge is 0.123 e. The van der Waals surface area contributed by atoms with Crippen molar-refractivity contribution in [2.75, 3.05) is 21.3 Å². The molecule has 0 saturated carbocycles. The fourth-order valence-electron chi connectivity index (χ4n) is 2.96. The Morgan fingerprint density at radius 1 is 1.38 bits per heavy atom. The maximum atomic E-state index is 5.66. The van der Waals surface area contributed by atoms with Gasteiger partial charge in [0.1, 0.15) is 5.72 Å². The van der Waals surface area contributed by atoms with E-state index in [1.165, 1.54) is 12.8 Å². The molecule has 76 valence electrons. The second kappa shape index (κ2) is 3.23. The topological polar surface area (TPSA) is 21.7 Å². The molecule has 0 radical (unpaired) electrons. The maximum absolute atomic E-state index is 5.66. The van der Waals surface area contributed by atoms with Gasteiger partial charge in [0.25, 0.3) is 0 Å². The van der Waals surface area contributed by atoms with Crippen molar-refractivity contribution in [1.82, 2.24) is 4.90 Å². The minimum atomic E-state index is -0.0242. The Morgan fingerprint density at radius 3 is 2.69 bits per heavy atom. The molecule has 3 nitrogen and oxygen atoms in total. The molecule has 2 fully saturated rings. The molecule has 0 N–H and O–H groups in total. The standard InChI is InChI=1S/C10H19NO2/c1-11-8-5-4-6-10(11,13-3)7-9(8)12-2/h8-9H,4-7H2,1-3H3/t8-,9?,10-/m1/s1. The number of ether oxygens (including phenoxy) is 2. The summed E-state index contributed by atoms with van der Waals surface area (Å²) in [5, 5.41) is 0. The third kappa shape index (κ3) is 1.22. The Hall–Kier alpha value is -0.120. The summed E-state index contributed by atoms with van der Waals surface area (Å²) in [6.07, 6.45) is 5.06. The van der Waals surface area contributed by atoms with Gasteiger partial charge < -0.3 is 9.47 Å². The van der Waals surface area contributed by atoms with E-state index in [9.17, 15) is 0 Å². The molecule has 3 heteroatoms. The van der Waals surface area contributed by atoms with Crippen LogP contribution in [0.3, 0.4) is 0 Å². The van der Waals surface area contributed by atoms with Crippen molar-refractivity contribution in [1.29, 1.82) is 0 Å². The Bertz CT molecular complexity index is 197. The summed E-state index contributed by atoms with van der Waals surface area (Å²) in [7, 11) is 5.78. The van der Waals surface area contributed by atoms with Gasteiger partial charge >= 0.3 is 0 Å². The average molecular weight is 185 g/mol. The zero-order chi connectivity index (χ0) is 9.47. The first-order valence-electron chi connectivity index (χ1n) is 5.04. The lowest BCUT2D eigenvalue weighted by Crippen LogP contribution is -2.49. The van der Waals surface area contributed by atoms with Crippen LogP contribution < -0.4 is 0 Å². The van der Waals surface area contributed by atoms with Crippen LogP contribution >= 0.6 is 0 Å². The van der Waals surface area contributed by atoms with E-state index in [-0.39, 0.29) is 5.72 Å². The third-order valence-electron chi connectivity index (χ3n) is 3.84. The number of fused-ring (bicyclic) bond motifs is 2. The first kappa shape index (κ1) is 9.44. The molecular formula is C10H19NO2. The predicted molar refractivity (Wildman–Crippen MR) is 50.6 cm³/mol. The van der Waals surface area contributed by atoms with Gasteiger partial charge in [-0.1, -0.05) is 0 Å². The molecule has 2 aliphatic heterocycles. The number of nitrogens with zero attached hydrogens (tertiary/aromatic N) is 1. The molecular weight excluding hydrogens is 166 g/mol. The largest absolute Gasteiger partial charge is 0.380 e. The predicted octanol–water partition coefficient (Wildman–Crippen LogP) is 1.23. The highest BCUT2D eigenvalue weighted by Crippen LogP contribution is 2.44. The maximum Gasteiger partial charge on any atom is 0.123 e. The highest BCUT2D eigenvalue weighted by molar-refractivity contribution is 5.02. The fourth-order valence-corrected chi connectivity index (χ4v) is 2.96. The van der Waals surface area contributed by atoms with Crippen molar-refractivity contribution in [3.05, 3.63) is 0 Å². The molecule has 0 aromatic rings. The first-order chi connectivity index (χ1) is 6.23. The second-order valence-corrected chi connectivity index (χ2v) is 4.20. The lowest BCUT2D eigenvalue weighted by Gasteiger charge is -2.40. The van der Waals surface area contributed by atoms with Crippen molar-refractivity contribution in [3.8, 4) is 0 Å². The normalized spacial score (nSPS) is 45.5. The highest BCUT2D eigenvalue weighted by Gasteiger charge is 2.52. The lowest BCUT2D eigenvalue weighted by atomic mass is 10.0. The molecule has 0 aromatic heterocycles. The number of hydrogen-bond donors (Lipinski definition) is 0. The zero-order valence-electron chi connectivity index (χ0n) is 8.75. The van der Waals surface area contributed by atoms with Crippen LogP contribution in [0.25, 0.3) is 0 Å². The number of hydrogen-bond acceptors (Lipinski definition) is 3. The minimum absolute atomic E-state index is 0.0242. The van der Waals surface area contributed by atoms with Crippen LogP contribution in [-0.4, -0.2) is 44.0 Å². The quantitative estimate of drug-likeness (QED) is 0.646. The van der Waals surface area contributed by atoms with Gasteiger partial charge in [-0.15, -0.1) is 0 Å². The van der Waals surface area contributed by atoms with Crippen LogP contribution in [0.4, 0.5) is 0 Å². The molecule has 0 aromatic carbocycles. The first-order valence-corrected chi connectivity index (χ1v) is 5.04. The van der Waals surface area contributed by atoms with Crippen molar-refractivity contribution in [3.63, 3.8) is 0 Å². The van der Waals surface area contributed by atoms with Gasteiger partial charge in [-0.25, -0.2) is 0 Å². The van der Waals surface area contributed by atoms with Crippen LogP contribution in [0.5, 0.6) is 0 Å². The summed E-state index contributed by atoms with van der Waals surface area (Å²) >= 11 is 0. The Balaban J connectivity index is 2.21. The van der Waals surface area contributed by atoms with Gasteiger partial charge in [-0.3, -0.25) is 4.90 Å². The van der Waals surface area contributed by atoms with E-state index in [1.54, 1.807) is 0 Å².